The SMILES string of the molecule is CCOc1ccccc1CNC(=O)NC1CCCN(C(=O)OC)C1. The maximum atomic E-state index is 12.1. The number of ether oxygens (including phenoxy) is 2. The standard InChI is InChI=1S/C17H25N3O4/c1-3-24-15-9-5-4-7-13(15)11-18-16(21)19-14-8-6-10-20(12-14)17(22)23-2/h4-5,7,9,14H,3,6,8,10-12H2,1-2H3,(H2,18,19,21). The minimum Gasteiger partial charge on any atom is -0.494 e. The molecule has 1 aliphatic rings. The molecule has 0 aliphatic carbocycles. The zero-order chi connectivity index (χ0) is 17.4. The lowest BCUT2D eigenvalue weighted by atomic mass is 10.1. The molecule has 0 aromatic heterocycles. The van der Waals surface area contributed by atoms with Gasteiger partial charge >= 0.3 is 12.1 Å². The van der Waals surface area contributed by atoms with Crippen LogP contribution in [-0.2, 0) is 11.3 Å². The predicted molar refractivity (Wildman–Crippen MR) is 90.0 cm³/mol. The Morgan fingerprint density at radius 3 is 2.88 bits per heavy atom. The number of nitrogens with one attached hydrogen (secondary N) is 2. The second kappa shape index (κ2) is 9.00. The van der Waals surface area contributed by atoms with Crippen molar-refractivity contribution in [1.82, 2.24) is 15.5 Å². The van der Waals surface area contributed by atoms with Gasteiger partial charge in [-0.05, 0) is 25.8 Å². The van der Waals surface area contributed by atoms with Crippen molar-refractivity contribution in [3.05, 3.63) is 29.8 Å². The molecular weight excluding hydrogens is 310 g/mol. The Balaban J connectivity index is 1.82. The molecule has 0 bridgehead atoms. The fourth-order valence-corrected chi connectivity index (χ4v) is 2.75. The Bertz CT molecular complexity index is 565. The lowest BCUT2D eigenvalue weighted by Crippen LogP contribution is -2.51. The number of piperidine rings is 1. The van der Waals surface area contributed by atoms with Gasteiger partial charge in [0.1, 0.15) is 5.75 Å². The van der Waals surface area contributed by atoms with Gasteiger partial charge in [-0.2, -0.15) is 0 Å². The molecule has 1 fully saturated rings. The molecule has 1 aromatic rings. The van der Waals surface area contributed by atoms with Crippen LogP contribution in [0.2, 0.25) is 0 Å². The molecule has 1 heterocycles. The van der Waals surface area contributed by atoms with Crippen molar-refractivity contribution in [3.63, 3.8) is 0 Å². The number of carbonyl (C=O) groups is 2. The van der Waals surface area contributed by atoms with Crippen LogP contribution in [0.4, 0.5) is 9.59 Å². The van der Waals surface area contributed by atoms with Gasteiger partial charge in [0.05, 0.1) is 13.7 Å². The minimum absolute atomic E-state index is 0.0695. The van der Waals surface area contributed by atoms with Gasteiger partial charge in [-0.15, -0.1) is 0 Å². The minimum atomic E-state index is -0.354. The number of para-hydroxylation sites is 1. The van der Waals surface area contributed by atoms with Crippen LogP contribution in [0.15, 0.2) is 24.3 Å². The number of benzene rings is 1. The van der Waals surface area contributed by atoms with Crippen molar-refractivity contribution in [2.45, 2.75) is 32.4 Å². The lowest BCUT2D eigenvalue weighted by Gasteiger charge is -2.32. The normalized spacial score (nSPS) is 17.1. The predicted octanol–water partition coefficient (Wildman–Crippen LogP) is 2.12. The van der Waals surface area contributed by atoms with Crippen LogP contribution >= 0.6 is 0 Å². The Labute approximate surface area is 142 Å². The molecule has 1 unspecified atom stereocenters. The van der Waals surface area contributed by atoms with Crippen LogP contribution in [0.25, 0.3) is 0 Å². The highest BCUT2D eigenvalue weighted by atomic mass is 16.5. The molecule has 1 saturated heterocycles. The Hall–Kier alpha value is -2.44. The van der Waals surface area contributed by atoms with E-state index in [0.29, 0.717) is 26.2 Å². The van der Waals surface area contributed by atoms with Gasteiger partial charge in [0.2, 0.25) is 0 Å². The molecule has 1 atom stereocenters. The summed E-state index contributed by atoms with van der Waals surface area (Å²) < 4.78 is 10.3. The summed E-state index contributed by atoms with van der Waals surface area (Å²) in [6.07, 6.45) is 1.33. The number of carbonyl (C=O) groups excluding carboxylic acids is 2. The van der Waals surface area contributed by atoms with Crippen molar-refractivity contribution in [2.24, 2.45) is 0 Å². The molecule has 7 heteroatoms. The van der Waals surface area contributed by atoms with E-state index in [2.05, 4.69) is 10.6 Å². The highest BCUT2D eigenvalue weighted by Gasteiger charge is 2.25. The first-order chi connectivity index (χ1) is 11.6. The number of hydrogen-bond acceptors (Lipinski definition) is 4. The first-order valence-electron chi connectivity index (χ1n) is 8.22. The average molecular weight is 335 g/mol. The molecule has 0 spiro atoms. The van der Waals surface area contributed by atoms with Crippen molar-refractivity contribution in [1.29, 1.82) is 0 Å². The first kappa shape index (κ1) is 17.9. The third kappa shape index (κ3) is 5.04. The van der Waals surface area contributed by atoms with E-state index in [9.17, 15) is 9.59 Å². The maximum Gasteiger partial charge on any atom is 0.409 e. The number of urea groups is 1. The Morgan fingerprint density at radius 1 is 1.33 bits per heavy atom. The number of amides is 3. The van der Waals surface area contributed by atoms with Crippen molar-refractivity contribution in [2.75, 3.05) is 26.8 Å². The van der Waals surface area contributed by atoms with Crippen LogP contribution in [-0.4, -0.2) is 49.9 Å². The highest BCUT2D eigenvalue weighted by Crippen LogP contribution is 2.17. The van der Waals surface area contributed by atoms with E-state index in [-0.39, 0.29) is 18.2 Å². The summed E-state index contributed by atoms with van der Waals surface area (Å²) in [5.41, 5.74) is 0.925. The van der Waals surface area contributed by atoms with E-state index in [1.54, 1.807) is 4.90 Å². The maximum absolute atomic E-state index is 12.1. The van der Waals surface area contributed by atoms with Crippen LogP contribution in [0.1, 0.15) is 25.3 Å². The lowest BCUT2D eigenvalue weighted by molar-refractivity contribution is 0.108. The fraction of sp³-hybridized carbons (Fsp3) is 0.529. The first-order valence-corrected chi connectivity index (χ1v) is 8.22. The molecule has 24 heavy (non-hydrogen) atoms. The molecule has 0 saturated carbocycles. The van der Waals surface area contributed by atoms with Crippen molar-refractivity contribution >= 4 is 12.1 Å². The van der Waals surface area contributed by atoms with Crippen LogP contribution in [0.3, 0.4) is 0 Å². The van der Waals surface area contributed by atoms with E-state index >= 15 is 0 Å². The fourth-order valence-electron chi connectivity index (χ4n) is 2.75. The molecule has 132 valence electrons. The number of hydrogen-bond donors (Lipinski definition) is 2. The molecule has 2 rings (SSSR count). The summed E-state index contributed by atoms with van der Waals surface area (Å²) in [6.45, 7) is 4.01. The van der Waals surface area contributed by atoms with Gasteiger partial charge < -0.3 is 25.0 Å². The van der Waals surface area contributed by atoms with Crippen LogP contribution in [0, 0.1) is 0 Å². The summed E-state index contributed by atoms with van der Waals surface area (Å²) in [5, 5.41) is 5.75. The third-order valence-corrected chi connectivity index (χ3v) is 3.90. The topological polar surface area (TPSA) is 79.9 Å². The average Bonchev–Trinajstić information content (AvgIpc) is 2.61. The van der Waals surface area contributed by atoms with Gasteiger partial charge in [-0.25, -0.2) is 9.59 Å². The second-order valence-electron chi connectivity index (χ2n) is 5.62. The number of likely N-dealkylation sites (tertiary alicyclic amines) is 1. The van der Waals surface area contributed by atoms with Gasteiger partial charge in [-0.1, -0.05) is 18.2 Å². The van der Waals surface area contributed by atoms with Gasteiger partial charge in [-0.3, -0.25) is 0 Å². The monoisotopic (exact) mass is 335 g/mol. The van der Waals surface area contributed by atoms with E-state index < -0.39 is 0 Å². The third-order valence-electron chi connectivity index (χ3n) is 3.90. The van der Waals surface area contributed by atoms with Gasteiger partial charge in [0.15, 0.2) is 0 Å². The second-order valence-corrected chi connectivity index (χ2v) is 5.62. The number of methoxy groups -OCH3 is 1. The Morgan fingerprint density at radius 2 is 2.12 bits per heavy atom. The summed E-state index contributed by atoms with van der Waals surface area (Å²) in [6, 6.07) is 7.29. The molecule has 0 radical (unpaired) electrons. The van der Waals surface area contributed by atoms with Crippen LogP contribution in [0.5, 0.6) is 5.75 Å². The molecule has 2 N–H and O–H groups in total. The zero-order valence-electron chi connectivity index (χ0n) is 14.2. The smallest absolute Gasteiger partial charge is 0.409 e. The largest absolute Gasteiger partial charge is 0.494 e. The Kier molecular flexibility index (Phi) is 6.72. The van der Waals surface area contributed by atoms with E-state index in [1.807, 2.05) is 31.2 Å². The summed E-state index contributed by atoms with van der Waals surface area (Å²) in [7, 11) is 1.36. The molecule has 1 aliphatic heterocycles. The summed E-state index contributed by atoms with van der Waals surface area (Å²) in [5.74, 6) is 0.773. The quantitative estimate of drug-likeness (QED) is 0.864. The van der Waals surface area contributed by atoms with E-state index in [1.165, 1.54) is 7.11 Å². The van der Waals surface area contributed by atoms with Crippen molar-refractivity contribution in [3.8, 4) is 5.75 Å². The van der Waals surface area contributed by atoms with E-state index in [0.717, 1.165) is 24.2 Å². The summed E-state index contributed by atoms with van der Waals surface area (Å²) in [4.78, 5) is 25.3. The van der Waals surface area contributed by atoms with Gasteiger partial charge in [0, 0.05) is 31.2 Å². The number of nitrogens with zero attached hydrogens (tertiary/aromatic N) is 1. The molecule has 7 nitrogen and oxygen atoms in total. The van der Waals surface area contributed by atoms with E-state index in [4.69, 9.17) is 9.47 Å². The highest BCUT2D eigenvalue weighted by molar-refractivity contribution is 5.74. The molecule has 1 aromatic carbocycles. The van der Waals surface area contributed by atoms with Gasteiger partial charge in [0.25, 0.3) is 0 Å². The number of rotatable bonds is 5. The summed E-state index contributed by atoms with van der Waals surface area (Å²) >= 11 is 0. The van der Waals surface area contributed by atoms with Crippen LogP contribution < -0.4 is 15.4 Å². The molecular formula is C17H25N3O4. The molecule has 3 amide bonds. The van der Waals surface area contributed by atoms with Crippen molar-refractivity contribution < 1.29 is 19.1 Å². The zero-order valence-corrected chi connectivity index (χ0v) is 14.2.